The highest BCUT2D eigenvalue weighted by atomic mass is 79.9. The third-order valence-corrected chi connectivity index (χ3v) is 4.44. The van der Waals surface area contributed by atoms with Crippen LogP contribution in [0.5, 0.6) is 5.75 Å². The molecule has 1 N–H and O–H groups in total. The van der Waals surface area contributed by atoms with Gasteiger partial charge >= 0.3 is 0 Å². The number of rotatable bonds is 6. The van der Waals surface area contributed by atoms with Crippen LogP contribution in [-0.2, 0) is 13.1 Å². The van der Waals surface area contributed by atoms with E-state index >= 15 is 0 Å². The molecule has 124 valence electrons. The SMILES string of the molecule is CCOc1ccccc1NC(=S)N(C)Cc1c(Br)cnn1CC. The molecule has 0 amide bonds. The van der Waals surface area contributed by atoms with E-state index in [2.05, 4.69) is 33.3 Å². The largest absolute Gasteiger partial charge is 0.492 e. The first-order valence-corrected chi connectivity index (χ1v) is 8.71. The number of nitrogens with one attached hydrogen (secondary N) is 1. The number of benzene rings is 1. The Kier molecular flexibility index (Phi) is 6.41. The Morgan fingerprint density at radius 2 is 2.13 bits per heavy atom. The number of aryl methyl sites for hydroxylation is 1. The fourth-order valence-electron chi connectivity index (χ4n) is 2.18. The molecule has 2 rings (SSSR count). The number of halogens is 1. The number of thiocarbonyl (C=S) groups is 1. The van der Waals surface area contributed by atoms with E-state index in [0.29, 0.717) is 18.3 Å². The molecule has 5 nitrogen and oxygen atoms in total. The number of aromatic nitrogens is 2. The molecule has 0 bridgehead atoms. The van der Waals surface area contributed by atoms with Crippen LogP contribution in [0.2, 0.25) is 0 Å². The molecule has 1 heterocycles. The van der Waals surface area contributed by atoms with Crippen LogP contribution in [0.25, 0.3) is 0 Å². The lowest BCUT2D eigenvalue weighted by molar-refractivity contribution is 0.342. The fourth-order valence-corrected chi connectivity index (χ4v) is 2.77. The second-order valence-corrected chi connectivity index (χ2v) is 6.21. The Morgan fingerprint density at radius 3 is 2.83 bits per heavy atom. The second-order valence-electron chi connectivity index (χ2n) is 4.97. The molecular weight excluding hydrogens is 376 g/mol. The maximum absolute atomic E-state index is 5.62. The van der Waals surface area contributed by atoms with Crippen molar-refractivity contribution in [1.29, 1.82) is 0 Å². The summed E-state index contributed by atoms with van der Waals surface area (Å²) in [5.74, 6) is 0.797. The highest BCUT2D eigenvalue weighted by Gasteiger charge is 2.13. The van der Waals surface area contributed by atoms with Crippen LogP contribution >= 0.6 is 28.1 Å². The lowest BCUT2D eigenvalue weighted by atomic mass is 10.3. The molecular formula is C16H21BrN4OS. The molecule has 2 aromatic rings. The smallest absolute Gasteiger partial charge is 0.173 e. The quantitative estimate of drug-likeness (QED) is 0.750. The van der Waals surface area contributed by atoms with Crippen LogP contribution in [0, 0.1) is 0 Å². The van der Waals surface area contributed by atoms with E-state index in [1.807, 2.05) is 54.0 Å². The van der Waals surface area contributed by atoms with Crippen molar-refractivity contribution in [3.05, 3.63) is 40.6 Å². The maximum Gasteiger partial charge on any atom is 0.173 e. The van der Waals surface area contributed by atoms with Crippen molar-refractivity contribution in [1.82, 2.24) is 14.7 Å². The molecule has 0 spiro atoms. The summed E-state index contributed by atoms with van der Waals surface area (Å²) < 4.78 is 8.56. The Hall–Kier alpha value is -1.60. The molecule has 0 radical (unpaired) electrons. The van der Waals surface area contributed by atoms with Crippen LogP contribution in [0.4, 0.5) is 5.69 Å². The standard InChI is InChI=1S/C16H21BrN4OS/c1-4-21-14(12(17)10-18-21)11-20(3)16(23)19-13-8-6-7-9-15(13)22-5-2/h6-10H,4-5,11H2,1-3H3,(H,19,23). The van der Waals surface area contributed by atoms with Gasteiger partial charge < -0.3 is 15.0 Å². The van der Waals surface area contributed by atoms with Crippen LogP contribution in [0.3, 0.4) is 0 Å². The highest BCUT2D eigenvalue weighted by molar-refractivity contribution is 9.10. The van der Waals surface area contributed by atoms with E-state index in [1.165, 1.54) is 0 Å². The van der Waals surface area contributed by atoms with E-state index in [-0.39, 0.29) is 0 Å². The van der Waals surface area contributed by atoms with E-state index in [0.717, 1.165) is 28.1 Å². The summed E-state index contributed by atoms with van der Waals surface area (Å²) in [5.41, 5.74) is 1.96. The summed E-state index contributed by atoms with van der Waals surface area (Å²) in [6.07, 6.45) is 1.81. The number of ether oxygens (including phenoxy) is 1. The van der Waals surface area contributed by atoms with Crippen molar-refractivity contribution >= 4 is 38.9 Å². The molecule has 1 aromatic carbocycles. The van der Waals surface area contributed by atoms with Gasteiger partial charge in [-0.05, 0) is 54.1 Å². The van der Waals surface area contributed by atoms with Gasteiger partial charge in [0.2, 0.25) is 0 Å². The summed E-state index contributed by atoms with van der Waals surface area (Å²) in [7, 11) is 1.96. The Labute approximate surface area is 150 Å². The maximum atomic E-state index is 5.62. The Morgan fingerprint density at radius 1 is 1.39 bits per heavy atom. The summed E-state index contributed by atoms with van der Waals surface area (Å²) in [6, 6.07) is 7.78. The summed E-state index contributed by atoms with van der Waals surface area (Å²) in [6.45, 7) is 6.13. The van der Waals surface area contributed by atoms with E-state index in [1.54, 1.807) is 0 Å². The third kappa shape index (κ3) is 4.45. The summed E-state index contributed by atoms with van der Waals surface area (Å²) in [5, 5.41) is 8.21. The van der Waals surface area contributed by atoms with Crippen molar-refractivity contribution in [2.75, 3.05) is 19.0 Å². The molecule has 0 aliphatic heterocycles. The molecule has 0 fully saturated rings. The number of para-hydroxylation sites is 2. The minimum atomic E-state index is 0.615. The zero-order chi connectivity index (χ0) is 16.8. The molecule has 7 heteroatoms. The van der Waals surface area contributed by atoms with E-state index in [9.17, 15) is 0 Å². The van der Waals surface area contributed by atoms with Crippen molar-refractivity contribution in [3.63, 3.8) is 0 Å². The molecule has 0 saturated carbocycles. The van der Waals surface area contributed by atoms with Gasteiger partial charge in [-0.1, -0.05) is 12.1 Å². The van der Waals surface area contributed by atoms with Gasteiger partial charge in [-0.25, -0.2) is 0 Å². The van der Waals surface area contributed by atoms with Gasteiger partial charge in [0.25, 0.3) is 0 Å². The predicted molar refractivity (Wildman–Crippen MR) is 101 cm³/mol. The minimum Gasteiger partial charge on any atom is -0.492 e. The zero-order valence-electron chi connectivity index (χ0n) is 13.5. The first-order valence-electron chi connectivity index (χ1n) is 7.50. The molecule has 0 aliphatic rings. The van der Waals surface area contributed by atoms with Gasteiger partial charge in [-0.15, -0.1) is 0 Å². The summed E-state index contributed by atoms with van der Waals surface area (Å²) >= 11 is 9.05. The Balaban J connectivity index is 2.07. The summed E-state index contributed by atoms with van der Waals surface area (Å²) in [4.78, 5) is 1.98. The number of hydrogen-bond donors (Lipinski definition) is 1. The molecule has 1 aromatic heterocycles. The topological polar surface area (TPSA) is 42.3 Å². The first-order chi connectivity index (χ1) is 11.1. The van der Waals surface area contributed by atoms with Gasteiger partial charge in [0.1, 0.15) is 5.75 Å². The van der Waals surface area contributed by atoms with Gasteiger partial charge in [0.15, 0.2) is 5.11 Å². The Bertz CT molecular complexity index is 674. The van der Waals surface area contributed by atoms with Gasteiger partial charge in [-0.2, -0.15) is 5.10 Å². The van der Waals surface area contributed by atoms with Crippen molar-refractivity contribution in [2.24, 2.45) is 0 Å². The fraction of sp³-hybridized carbons (Fsp3) is 0.375. The lowest BCUT2D eigenvalue weighted by Gasteiger charge is -2.22. The van der Waals surface area contributed by atoms with Crippen LogP contribution in [0.15, 0.2) is 34.9 Å². The van der Waals surface area contributed by atoms with Gasteiger partial charge in [0.05, 0.1) is 35.2 Å². The van der Waals surface area contributed by atoms with Crippen LogP contribution in [0.1, 0.15) is 19.5 Å². The monoisotopic (exact) mass is 396 g/mol. The van der Waals surface area contributed by atoms with Crippen LogP contribution < -0.4 is 10.1 Å². The van der Waals surface area contributed by atoms with Crippen molar-refractivity contribution < 1.29 is 4.74 Å². The number of hydrogen-bond acceptors (Lipinski definition) is 3. The van der Waals surface area contributed by atoms with Crippen LogP contribution in [-0.4, -0.2) is 33.4 Å². The highest BCUT2D eigenvalue weighted by Crippen LogP contribution is 2.24. The number of nitrogens with zero attached hydrogens (tertiary/aromatic N) is 3. The molecule has 0 unspecified atom stereocenters. The molecule has 0 aliphatic carbocycles. The molecule has 0 saturated heterocycles. The van der Waals surface area contributed by atoms with Gasteiger partial charge in [0, 0.05) is 13.6 Å². The van der Waals surface area contributed by atoms with E-state index in [4.69, 9.17) is 17.0 Å². The van der Waals surface area contributed by atoms with Gasteiger partial charge in [-0.3, -0.25) is 4.68 Å². The predicted octanol–water partition coefficient (Wildman–Crippen LogP) is 3.89. The zero-order valence-corrected chi connectivity index (χ0v) is 15.9. The first kappa shape index (κ1) is 17.7. The second kappa shape index (κ2) is 8.31. The lowest BCUT2D eigenvalue weighted by Crippen LogP contribution is -2.31. The number of anilines is 1. The van der Waals surface area contributed by atoms with Crippen molar-refractivity contribution in [2.45, 2.75) is 26.9 Å². The average molecular weight is 397 g/mol. The average Bonchev–Trinajstić information content (AvgIpc) is 2.89. The van der Waals surface area contributed by atoms with E-state index < -0.39 is 0 Å². The molecule has 0 atom stereocenters. The van der Waals surface area contributed by atoms with Crippen molar-refractivity contribution in [3.8, 4) is 5.75 Å². The third-order valence-electron chi connectivity index (χ3n) is 3.36. The molecule has 23 heavy (non-hydrogen) atoms. The normalized spacial score (nSPS) is 10.4. The minimum absolute atomic E-state index is 0.615.